The van der Waals surface area contributed by atoms with Crippen molar-refractivity contribution in [3.05, 3.63) is 28.7 Å². The molecule has 0 unspecified atom stereocenters. The molecule has 1 atom stereocenters. The lowest BCUT2D eigenvalue weighted by Crippen LogP contribution is -2.37. The number of hydrogen-bond acceptors (Lipinski definition) is 3. The molecule has 1 aliphatic rings. The Morgan fingerprint density at radius 3 is 2.40 bits per heavy atom. The van der Waals surface area contributed by atoms with Gasteiger partial charge >= 0.3 is 0 Å². The topological polar surface area (TPSA) is 66.4 Å². The van der Waals surface area contributed by atoms with Crippen molar-refractivity contribution in [2.75, 3.05) is 6.54 Å². The van der Waals surface area contributed by atoms with Crippen molar-refractivity contribution < 1.29 is 13.5 Å². The van der Waals surface area contributed by atoms with E-state index in [-0.39, 0.29) is 17.4 Å². The van der Waals surface area contributed by atoms with Crippen molar-refractivity contribution in [3.8, 4) is 0 Å². The first kappa shape index (κ1) is 15.9. The minimum absolute atomic E-state index is 0.0864. The molecule has 0 aromatic heterocycles. The van der Waals surface area contributed by atoms with E-state index in [4.69, 9.17) is 0 Å². The van der Waals surface area contributed by atoms with Gasteiger partial charge in [0.25, 0.3) is 0 Å². The Morgan fingerprint density at radius 1 is 1.20 bits per heavy atom. The van der Waals surface area contributed by atoms with Gasteiger partial charge in [0.15, 0.2) is 0 Å². The van der Waals surface area contributed by atoms with Crippen molar-refractivity contribution in [1.82, 2.24) is 4.72 Å². The van der Waals surface area contributed by atoms with Crippen LogP contribution in [-0.2, 0) is 10.0 Å². The summed E-state index contributed by atoms with van der Waals surface area (Å²) in [6.45, 7) is 0.0864. The zero-order valence-corrected chi connectivity index (χ0v) is 13.7. The Hall–Kier alpha value is -0.430. The highest BCUT2D eigenvalue weighted by atomic mass is 79.9. The van der Waals surface area contributed by atoms with Gasteiger partial charge in [0.05, 0.1) is 11.0 Å². The maximum atomic E-state index is 12.1. The average molecular weight is 362 g/mol. The summed E-state index contributed by atoms with van der Waals surface area (Å²) in [5, 5.41) is 10.1. The van der Waals surface area contributed by atoms with Gasteiger partial charge in [-0.05, 0) is 43.0 Å². The van der Waals surface area contributed by atoms with Gasteiger partial charge in [0, 0.05) is 11.0 Å². The Bertz CT molecular complexity index is 524. The normalized spacial score (nSPS) is 18.9. The lowest BCUT2D eigenvalue weighted by molar-refractivity contribution is 0.0888. The monoisotopic (exact) mass is 361 g/mol. The summed E-state index contributed by atoms with van der Waals surface area (Å²) in [7, 11) is -3.54. The number of rotatable bonds is 5. The predicted molar refractivity (Wildman–Crippen MR) is 81.9 cm³/mol. The van der Waals surface area contributed by atoms with Gasteiger partial charge in [-0.15, -0.1) is 0 Å². The molecule has 1 fully saturated rings. The maximum absolute atomic E-state index is 12.1. The van der Waals surface area contributed by atoms with E-state index in [0.717, 1.165) is 30.2 Å². The minimum Gasteiger partial charge on any atom is -0.391 e. The number of aliphatic hydroxyl groups excluding tert-OH is 1. The smallest absolute Gasteiger partial charge is 0.240 e. The first-order valence-electron chi connectivity index (χ1n) is 6.92. The van der Waals surface area contributed by atoms with Crippen LogP contribution in [0.2, 0.25) is 0 Å². The van der Waals surface area contributed by atoms with E-state index in [1.165, 1.54) is 6.42 Å². The Kier molecular flexibility index (Phi) is 5.60. The van der Waals surface area contributed by atoms with Crippen LogP contribution < -0.4 is 4.72 Å². The first-order chi connectivity index (χ1) is 9.49. The highest BCUT2D eigenvalue weighted by Gasteiger charge is 2.23. The molecule has 0 bridgehead atoms. The fourth-order valence-corrected chi connectivity index (χ4v) is 3.89. The molecule has 1 aromatic carbocycles. The lowest BCUT2D eigenvalue weighted by atomic mass is 9.85. The summed E-state index contributed by atoms with van der Waals surface area (Å²) in [4.78, 5) is 0.219. The van der Waals surface area contributed by atoms with E-state index in [1.807, 2.05) is 0 Å². The van der Waals surface area contributed by atoms with E-state index in [2.05, 4.69) is 20.7 Å². The van der Waals surface area contributed by atoms with Crippen molar-refractivity contribution in [2.45, 2.75) is 43.1 Å². The van der Waals surface area contributed by atoms with E-state index in [9.17, 15) is 13.5 Å². The molecule has 2 rings (SSSR count). The van der Waals surface area contributed by atoms with Crippen molar-refractivity contribution >= 4 is 26.0 Å². The molecule has 20 heavy (non-hydrogen) atoms. The summed E-state index contributed by atoms with van der Waals surface area (Å²) in [6.07, 6.45) is 4.85. The zero-order valence-electron chi connectivity index (χ0n) is 11.3. The number of benzene rings is 1. The molecule has 1 saturated carbocycles. The van der Waals surface area contributed by atoms with Gasteiger partial charge in [-0.2, -0.15) is 0 Å². The summed E-state index contributed by atoms with van der Waals surface area (Å²) in [5.41, 5.74) is 0. The molecule has 112 valence electrons. The Labute approximate surface area is 128 Å². The molecule has 0 amide bonds. The first-order valence-corrected chi connectivity index (χ1v) is 9.20. The van der Waals surface area contributed by atoms with Crippen LogP contribution in [-0.4, -0.2) is 26.2 Å². The van der Waals surface area contributed by atoms with E-state index in [1.54, 1.807) is 24.3 Å². The van der Waals surface area contributed by atoms with E-state index >= 15 is 0 Å². The second-order valence-electron chi connectivity index (χ2n) is 5.27. The van der Waals surface area contributed by atoms with Gasteiger partial charge < -0.3 is 5.11 Å². The maximum Gasteiger partial charge on any atom is 0.240 e. The molecule has 4 nitrogen and oxygen atoms in total. The molecule has 6 heteroatoms. The van der Waals surface area contributed by atoms with Crippen LogP contribution in [0.15, 0.2) is 33.6 Å². The van der Waals surface area contributed by atoms with Crippen LogP contribution in [0.25, 0.3) is 0 Å². The fourth-order valence-electron chi connectivity index (χ4n) is 2.58. The molecule has 0 radical (unpaired) electrons. The van der Waals surface area contributed by atoms with Gasteiger partial charge in [0.1, 0.15) is 0 Å². The van der Waals surface area contributed by atoms with Crippen LogP contribution in [0.1, 0.15) is 32.1 Å². The number of halogens is 1. The summed E-state index contributed by atoms with van der Waals surface area (Å²) in [5.74, 6) is 0.219. The quantitative estimate of drug-likeness (QED) is 0.846. The fraction of sp³-hybridized carbons (Fsp3) is 0.571. The van der Waals surface area contributed by atoms with Gasteiger partial charge in [-0.3, -0.25) is 0 Å². The van der Waals surface area contributed by atoms with Crippen LogP contribution in [0.4, 0.5) is 0 Å². The third kappa shape index (κ3) is 4.28. The lowest BCUT2D eigenvalue weighted by Gasteiger charge is -2.26. The van der Waals surface area contributed by atoms with Crippen LogP contribution in [0.5, 0.6) is 0 Å². The SMILES string of the molecule is O=S(=O)(NC[C@H](O)C1CCCCC1)c1ccc(Br)cc1. The zero-order chi connectivity index (χ0) is 14.6. The highest BCUT2D eigenvalue weighted by molar-refractivity contribution is 9.10. The molecule has 0 saturated heterocycles. The molecule has 1 aliphatic carbocycles. The predicted octanol–water partition coefficient (Wildman–Crippen LogP) is 2.67. The standard InChI is InChI=1S/C14H20BrNO3S/c15-12-6-8-13(9-7-12)20(18,19)16-10-14(17)11-4-2-1-3-5-11/h6-9,11,14,16-17H,1-5,10H2/t14-/m0/s1. The number of sulfonamides is 1. The molecule has 0 heterocycles. The number of nitrogens with one attached hydrogen (secondary N) is 1. The van der Waals surface area contributed by atoms with Gasteiger partial charge in [-0.25, -0.2) is 13.1 Å². The van der Waals surface area contributed by atoms with Crippen LogP contribution >= 0.6 is 15.9 Å². The molecule has 0 aliphatic heterocycles. The Balaban J connectivity index is 1.93. The van der Waals surface area contributed by atoms with Crippen molar-refractivity contribution in [1.29, 1.82) is 0 Å². The summed E-state index contributed by atoms with van der Waals surface area (Å²) in [6, 6.07) is 6.46. The number of hydrogen-bond donors (Lipinski definition) is 2. The summed E-state index contributed by atoms with van der Waals surface area (Å²) >= 11 is 3.27. The summed E-state index contributed by atoms with van der Waals surface area (Å²) < 4.78 is 27.5. The Morgan fingerprint density at radius 2 is 1.80 bits per heavy atom. The van der Waals surface area contributed by atoms with Gasteiger partial charge in [-0.1, -0.05) is 35.2 Å². The third-order valence-corrected chi connectivity index (χ3v) is 5.77. The third-order valence-electron chi connectivity index (χ3n) is 3.80. The number of aliphatic hydroxyl groups is 1. The molecule has 2 N–H and O–H groups in total. The van der Waals surface area contributed by atoms with Crippen molar-refractivity contribution in [3.63, 3.8) is 0 Å². The largest absolute Gasteiger partial charge is 0.391 e. The highest BCUT2D eigenvalue weighted by Crippen LogP contribution is 2.26. The minimum atomic E-state index is -3.54. The van der Waals surface area contributed by atoms with Crippen LogP contribution in [0.3, 0.4) is 0 Å². The molecular formula is C14H20BrNO3S. The van der Waals surface area contributed by atoms with E-state index < -0.39 is 16.1 Å². The second-order valence-corrected chi connectivity index (χ2v) is 7.95. The molecular weight excluding hydrogens is 342 g/mol. The second kappa shape index (κ2) is 7.02. The average Bonchev–Trinajstić information content (AvgIpc) is 2.46. The molecule has 1 aromatic rings. The van der Waals surface area contributed by atoms with E-state index in [0.29, 0.717) is 0 Å². The molecule has 0 spiro atoms. The van der Waals surface area contributed by atoms with Crippen LogP contribution in [0, 0.1) is 5.92 Å². The van der Waals surface area contributed by atoms with Crippen molar-refractivity contribution in [2.24, 2.45) is 5.92 Å². The van der Waals surface area contributed by atoms with Gasteiger partial charge in [0.2, 0.25) is 10.0 Å².